The number of fused-ring (bicyclic) bond motifs is 1. The summed E-state index contributed by atoms with van der Waals surface area (Å²) < 4.78 is 10.9. The molecule has 3 aliphatic rings. The van der Waals surface area contributed by atoms with Crippen LogP contribution in [0.4, 0.5) is 9.80 Å². The molecule has 3 amide bonds. The standard InChI is InChI=1S/C18H17N3O4S/c1-20-8-12(11-4-5-13-14(7-11)25-10-24-13)18(9-20)16(22)21(17(23)19-18)15-3-2-6-26-15/h2-7,12H,8-10H2,1H3,(H,19,23)/t12-,18-/m0/s1. The first-order valence-electron chi connectivity index (χ1n) is 8.37. The third-order valence-electron chi connectivity index (χ3n) is 5.25. The molecule has 26 heavy (non-hydrogen) atoms. The maximum absolute atomic E-state index is 13.4. The number of rotatable bonds is 2. The fourth-order valence-electron chi connectivity index (χ4n) is 4.12. The number of likely N-dealkylation sites (N-methyl/N-ethyl adjacent to an activating group) is 1. The summed E-state index contributed by atoms with van der Waals surface area (Å²) in [5, 5.41) is 5.49. The van der Waals surface area contributed by atoms with Gasteiger partial charge in [-0.25, -0.2) is 9.69 Å². The molecule has 1 spiro atoms. The van der Waals surface area contributed by atoms with E-state index in [1.54, 1.807) is 6.07 Å². The number of imide groups is 1. The molecular formula is C18H17N3O4S. The van der Waals surface area contributed by atoms with Crippen LogP contribution in [0.25, 0.3) is 0 Å². The van der Waals surface area contributed by atoms with Gasteiger partial charge in [-0.15, -0.1) is 11.3 Å². The molecule has 0 radical (unpaired) electrons. The highest BCUT2D eigenvalue weighted by molar-refractivity contribution is 7.14. The van der Waals surface area contributed by atoms with Crippen LogP contribution in [0.5, 0.6) is 11.5 Å². The van der Waals surface area contributed by atoms with Gasteiger partial charge in [-0.2, -0.15) is 0 Å². The molecule has 0 aliphatic carbocycles. The van der Waals surface area contributed by atoms with Crippen LogP contribution in [0, 0.1) is 0 Å². The van der Waals surface area contributed by atoms with E-state index in [0.29, 0.717) is 29.6 Å². The largest absolute Gasteiger partial charge is 0.454 e. The van der Waals surface area contributed by atoms with Gasteiger partial charge in [0.2, 0.25) is 6.79 Å². The Morgan fingerprint density at radius 3 is 2.88 bits per heavy atom. The summed E-state index contributed by atoms with van der Waals surface area (Å²) in [6.07, 6.45) is 0. The van der Waals surface area contributed by atoms with E-state index in [4.69, 9.17) is 9.47 Å². The Kier molecular flexibility index (Phi) is 3.29. The molecular weight excluding hydrogens is 354 g/mol. The predicted octanol–water partition coefficient (Wildman–Crippen LogP) is 2.00. The quantitative estimate of drug-likeness (QED) is 0.818. The van der Waals surface area contributed by atoms with Crippen molar-refractivity contribution in [1.29, 1.82) is 0 Å². The number of carbonyl (C=O) groups is 2. The van der Waals surface area contributed by atoms with Crippen LogP contribution in [0.1, 0.15) is 11.5 Å². The number of ether oxygens (including phenoxy) is 2. The Bertz CT molecular complexity index is 900. The highest BCUT2D eigenvalue weighted by Crippen LogP contribution is 2.44. The van der Waals surface area contributed by atoms with Crippen molar-refractivity contribution in [3.63, 3.8) is 0 Å². The van der Waals surface area contributed by atoms with Crippen LogP contribution >= 0.6 is 11.3 Å². The first-order valence-corrected chi connectivity index (χ1v) is 9.25. The minimum atomic E-state index is -0.969. The Labute approximate surface area is 154 Å². The number of amides is 3. The van der Waals surface area contributed by atoms with Crippen molar-refractivity contribution in [3.05, 3.63) is 41.3 Å². The van der Waals surface area contributed by atoms with E-state index in [0.717, 1.165) is 5.56 Å². The van der Waals surface area contributed by atoms with Crippen molar-refractivity contribution in [2.75, 3.05) is 31.8 Å². The zero-order chi connectivity index (χ0) is 17.9. The Balaban J connectivity index is 1.56. The van der Waals surface area contributed by atoms with Crippen LogP contribution in [0.3, 0.4) is 0 Å². The summed E-state index contributed by atoms with van der Waals surface area (Å²) in [5.74, 6) is 1.02. The van der Waals surface area contributed by atoms with Gasteiger partial charge in [-0.05, 0) is 42.3 Å². The molecule has 0 unspecified atom stereocenters. The van der Waals surface area contributed by atoms with Gasteiger partial charge in [0.25, 0.3) is 5.91 Å². The Hall–Kier alpha value is -2.58. The van der Waals surface area contributed by atoms with E-state index in [1.165, 1.54) is 16.2 Å². The summed E-state index contributed by atoms with van der Waals surface area (Å²) in [6, 6.07) is 8.99. The van der Waals surface area contributed by atoms with Crippen molar-refractivity contribution >= 4 is 28.3 Å². The molecule has 1 aromatic carbocycles. The normalized spacial score (nSPS) is 27.6. The zero-order valence-corrected chi connectivity index (χ0v) is 14.9. The first kappa shape index (κ1) is 15.7. The highest BCUT2D eigenvalue weighted by Gasteiger charge is 2.60. The third kappa shape index (κ3) is 2.09. The van der Waals surface area contributed by atoms with Crippen molar-refractivity contribution < 1.29 is 19.1 Å². The second-order valence-electron chi connectivity index (χ2n) is 6.86. The van der Waals surface area contributed by atoms with Crippen LogP contribution in [-0.2, 0) is 4.79 Å². The monoisotopic (exact) mass is 371 g/mol. The Morgan fingerprint density at radius 1 is 1.23 bits per heavy atom. The number of nitrogens with one attached hydrogen (secondary N) is 1. The van der Waals surface area contributed by atoms with E-state index in [1.807, 2.05) is 36.7 Å². The number of hydrogen-bond acceptors (Lipinski definition) is 6. The lowest BCUT2D eigenvalue weighted by Gasteiger charge is -2.28. The molecule has 2 atom stereocenters. The van der Waals surface area contributed by atoms with Crippen molar-refractivity contribution in [2.24, 2.45) is 0 Å². The molecule has 2 fully saturated rings. The van der Waals surface area contributed by atoms with E-state index < -0.39 is 5.54 Å². The Morgan fingerprint density at radius 2 is 2.08 bits per heavy atom. The summed E-state index contributed by atoms with van der Waals surface area (Å²) in [4.78, 5) is 29.4. The predicted molar refractivity (Wildman–Crippen MR) is 95.9 cm³/mol. The van der Waals surface area contributed by atoms with Crippen molar-refractivity contribution in [3.8, 4) is 11.5 Å². The second-order valence-corrected chi connectivity index (χ2v) is 7.78. The van der Waals surface area contributed by atoms with Crippen LogP contribution in [0.15, 0.2) is 35.7 Å². The summed E-state index contributed by atoms with van der Waals surface area (Å²) in [5.41, 5.74) is -0.0101. The van der Waals surface area contributed by atoms with Gasteiger partial charge in [0.15, 0.2) is 11.5 Å². The molecule has 4 heterocycles. The minimum absolute atomic E-state index is 0.164. The number of hydrogen-bond donors (Lipinski definition) is 1. The molecule has 1 aromatic heterocycles. The highest BCUT2D eigenvalue weighted by atomic mass is 32.1. The van der Waals surface area contributed by atoms with Gasteiger partial charge in [0, 0.05) is 19.0 Å². The SMILES string of the molecule is CN1C[C@@H](c2ccc3c(c2)OCO3)[C@]2(C1)NC(=O)N(c1cccs1)C2=O. The summed E-state index contributed by atoms with van der Waals surface area (Å²) >= 11 is 1.38. The fourth-order valence-corrected chi connectivity index (χ4v) is 4.85. The zero-order valence-electron chi connectivity index (χ0n) is 14.1. The first-order chi connectivity index (χ1) is 12.6. The number of anilines is 1. The third-order valence-corrected chi connectivity index (χ3v) is 6.11. The molecule has 0 bridgehead atoms. The number of urea groups is 1. The molecule has 1 N–H and O–H groups in total. The average Bonchev–Trinajstić information content (AvgIpc) is 3.36. The number of benzene rings is 1. The van der Waals surface area contributed by atoms with Gasteiger partial charge in [-0.3, -0.25) is 4.79 Å². The van der Waals surface area contributed by atoms with E-state index in [-0.39, 0.29) is 24.6 Å². The topological polar surface area (TPSA) is 71.1 Å². The maximum atomic E-state index is 13.4. The average molecular weight is 371 g/mol. The van der Waals surface area contributed by atoms with Crippen molar-refractivity contribution in [2.45, 2.75) is 11.5 Å². The lowest BCUT2D eigenvalue weighted by Crippen LogP contribution is -2.52. The lowest BCUT2D eigenvalue weighted by atomic mass is 9.81. The van der Waals surface area contributed by atoms with Gasteiger partial charge in [0.05, 0.1) is 0 Å². The number of carbonyl (C=O) groups excluding carboxylic acids is 2. The van der Waals surface area contributed by atoms with Crippen LogP contribution in [-0.4, -0.2) is 49.3 Å². The van der Waals surface area contributed by atoms with E-state index in [2.05, 4.69) is 10.2 Å². The second kappa shape index (κ2) is 5.46. The molecule has 5 rings (SSSR count). The van der Waals surface area contributed by atoms with Gasteiger partial charge in [0.1, 0.15) is 10.5 Å². The summed E-state index contributed by atoms with van der Waals surface area (Å²) in [7, 11) is 1.96. The van der Waals surface area contributed by atoms with E-state index >= 15 is 0 Å². The number of thiophene rings is 1. The van der Waals surface area contributed by atoms with Gasteiger partial charge >= 0.3 is 6.03 Å². The molecule has 7 nitrogen and oxygen atoms in total. The lowest BCUT2D eigenvalue weighted by molar-refractivity contribution is -0.122. The molecule has 2 aromatic rings. The molecule has 134 valence electrons. The van der Waals surface area contributed by atoms with Crippen LogP contribution in [0.2, 0.25) is 0 Å². The summed E-state index contributed by atoms with van der Waals surface area (Å²) in [6.45, 7) is 1.35. The molecule has 2 saturated heterocycles. The van der Waals surface area contributed by atoms with Gasteiger partial charge in [-0.1, -0.05) is 6.07 Å². The molecule has 3 aliphatic heterocycles. The van der Waals surface area contributed by atoms with E-state index in [9.17, 15) is 9.59 Å². The molecule has 0 saturated carbocycles. The molecule has 8 heteroatoms. The minimum Gasteiger partial charge on any atom is -0.454 e. The fraction of sp³-hybridized carbons (Fsp3) is 0.333. The van der Waals surface area contributed by atoms with Gasteiger partial charge < -0.3 is 19.7 Å². The smallest absolute Gasteiger partial charge is 0.330 e. The maximum Gasteiger partial charge on any atom is 0.330 e. The van der Waals surface area contributed by atoms with Crippen molar-refractivity contribution in [1.82, 2.24) is 10.2 Å². The number of nitrogens with zero attached hydrogens (tertiary/aromatic N) is 2. The van der Waals surface area contributed by atoms with Crippen LogP contribution < -0.4 is 19.7 Å². The number of likely N-dealkylation sites (tertiary alicyclic amines) is 1.